The van der Waals surface area contributed by atoms with Crippen LogP contribution in [0.3, 0.4) is 0 Å². The van der Waals surface area contributed by atoms with Gasteiger partial charge in [-0.25, -0.2) is 4.79 Å². The molecule has 0 aliphatic carbocycles. The molecule has 8 nitrogen and oxygen atoms in total. The second kappa shape index (κ2) is 5.53. The zero-order valence-electron chi connectivity index (χ0n) is 11.4. The molecule has 110 valence electrons. The van der Waals surface area contributed by atoms with Crippen LogP contribution in [0.1, 0.15) is 10.4 Å². The molecular formula is C13H13N3O5. The summed E-state index contributed by atoms with van der Waals surface area (Å²) in [5, 5.41) is 11.0. The minimum absolute atomic E-state index is 0.135. The van der Waals surface area contributed by atoms with Gasteiger partial charge in [-0.1, -0.05) is 0 Å². The van der Waals surface area contributed by atoms with Crippen LogP contribution in [0.4, 0.5) is 11.5 Å². The van der Waals surface area contributed by atoms with E-state index in [2.05, 4.69) is 9.72 Å². The van der Waals surface area contributed by atoms with Gasteiger partial charge in [-0.15, -0.1) is 0 Å². The molecule has 0 amide bonds. The van der Waals surface area contributed by atoms with E-state index < -0.39 is 10.9 Å². The monoisotopic (exact) mass is 291 g/mol. The number of nitrogens with zero attached hydrogens (tertiary/aromatic N) is 1. The van der Waals surface area contributed by atoms with E-state index in [0.29, 0.717) is 11.3 Å². The first-order valence-corrected chi connectivity index (χ1v) is 5.87. The Bertz CT molecular complexity index is 708. The number of hydrogen-bond donors (Lipinski definition) is 2. The number of benzene rings is 1. The quantitative estimate of drug-likeness (QED) is 0.504. The Morgan fingerprint density at radius 3 is 2.62 bits per heavy atom. The van der Waals surface area contributed by atoms with E-state index in [1.807, 2.05) is 0 Å². The number of aromatic nitrogens is 1. The lowest BCUT2D eigenvalue weighted by atomic mass is 10.1. The van der Waals surface area contributed by atoms with Gasteiger partial charge in [0.05, 0.1) is 19.1 Å². The van der Waals surface area contributed by atoms with Gasteiger partial charge in [0, 0.05) is 17.3 Å². The summed E-state index contributed by atoms with van der Waals surface area (Å²) < 4.78 is 9.53. The number of rotatable bonds is 4. The predicted molar refractivity (Wildman–Crippen MR) is 75.2 cm³/mol. The number of anilines is 1. The van der Waals surface area contributed by atoms with E-state index >= 15 is 0 Å². The van der Waals surface area contributed by atoms with Gasteiger partial charge in [-0.2, -0.15) is 0 Å². The fourth-order valence-corrected chi connectivity index (χ4v) is 1.91. The predicted octanol–water partition coefficient (Wildman–Crippen LogP) is 1.97. The third-order valence-corrected chi connectivity index (χ3v) is 2.94. The van der Waals surface area contributed by atoms with E-state index in [1.54, 1.807) is 6.07 Å². The molecule has 0 saturated carbocycles. The Kier molecular flexibility index (Phi) is 3.79. The minimum Gasteiger partial charge on any atom is -0.490 e. The third kappa shape index (κ3) is 2.64. The molecule has 0 aliphatic heterocycles. The third-order valence-electron chi connectivity index (χ3n) is 2.94. The van der Waals surface area contributed by atoms with Crippen molar-refractivity contribution in [2.45, 2.75) is 0 Å². The van der Waals surface area contributed by atoms with Crippen molar-refractivity contribution in [2.24, 2.45) is 0 Å². The number of nitro groups is 1. The molecule has 0 fully saturated rings. The van der Waals surface area contributed by atoms with Crippen molar-refractivity contribution in [3.05, 3.63) is 39.9 Å². The Morgan fingerprint density at radius 2 is 2.05 bits per heavy atom. The van der Waals surface area contributed by atoms with E-state index in [0.717, 1.165) is 0 Å². The van der Waals surface area contributed by atoms with Crippen LogP contribution < -0.4 is 10.5 Å². The largest absolute Gasteiger partial charge is 0.490 e. The van der Waals surface area contributed by atoms with Crippen molar-refractivity contribution < 1.29 is 19.2 Å². The lowest BCUT2D eigenvalue weighted by molar-refractivity contribution is -0.385. The summed E-state index contributed by atoms with van der Waals surface area (Å²) in [7, 11) is 2.59. The molecule has 1 aromatic heterocycles. The van der Waals surface area contributed by atoms with E-state index in [1.165, 1.54) is 32.4 Å². The summed E-state index contributed by atoms with van der Waals surface area (Å²) in [6.07, 6.45) is 0. The maximum absolute atomic E-state index is 11.5. The molecule has 1 aromatic carbocycles. The highest BCUT2D eigenvalue weighted by Crippen LogP contribution is 2.33. The highest BCUT2D eigenvalue weighted by atomic mass is 16.6. The van der Waals surface area contributed by atoms with Gasteiger partial charge in [0.1, 0.15) is 11.4 Å². The molecule has 0 spiro atoms. The smallest absolute Gasteiger partial charge is 0.341 e. The van der Waals surface area contributed by atoms with Gasteiger partial charge >= 0.3 is 11.7 Å². The number of nitro benzene ring substituents is 1. The van der Waals surface area contributed by atoms with Gasteiger partial charge in [-0.05, 0) is 18.2 Å². The molecule has 2 aromatic rings. The highest BCUT2D eigenvalue weighted by molar-refractivity contribution is 5.96. The number of nitrogen functional groups attached to an aromatic ring is 1. The zero-order chi connectivity index (χ0) is 15.6. The van der Waals surface area contributed by atoms with Crippen LogP contribution >= 0.6 is 0 Å². The van der Waals surface area contributed by atoms with Crippen LogP contribution in [0.5, 0.6) is 5.75 Å². The average molecular weight is 291 g/mol. The van der Waals surface area contributed by atoms with Crippen molar-refractivity contribution in [3.8, 4) is 17.0 Å². The minimum atomic E-state index is -0.585. The standard InChI is InChI=1S/C13H13N3O5/c1-20-11-4-3-7(5-10(11)16(18)19)9-6-8(12(14)15-9)13(17)21-2/h3-6,15H,14H2,1-2H3. The number of carbonyl (C=O) groups is 1. The number of hydrogen-bond acceptors (Lipinski definition) is 6. The van der Waals surface area contributed by atoms with Crippen LogP contribution in [0.25, 0.3) is 11.3 Å². The summed E-state index contributed by atoms with van der Waals surface area (Å²) in [4.78, 5) is 24.8. The van der Waals surface area contributed by atoms with Crippen molar-refractivity contribution in [2.75, 3.05) is 20.0 Å². The maximum Gasteiger partial charge on any atom is 0.341 e. The molecule has 0 atom stereocenters. The molecule has 0 unspecified atom stereocenters. The molecule has 0 bridgehead atoms. The lowest BCUT2D eigenvalue weighted by Gasteiger charge is -2.03. The van der Waals surface area contributed by atoms with Gasteiger partial charge in [-0.3, -0.25) is 10.1 Å². The number of nitrogens with one attached hydrogen (secondary N) is 1. The second-order valence-electron chi connectivity index (χ2n) is 4.15. The molecule has 0 aliphatic rings. The second-order valence-corrected chi connectivity index (χ2v) is 4.15. The van der Waals surface area contributed by atoms with Crippen LogP contribution in [0.2, 0.25) is 0 Å². The Hall–Kier alpha value is -3.03. The summed E-state index contributed by atoms with van der Waals surface area (Å²) >= 11 is 0. The number of H-pyrrole nitrogens is 1. The van der Waals surface area contributed by atoms with Crippen molar-refractivity contribution in [3.63, 3.8) is 0 Å². The molecular weight excluding hydrogens is 278 g/mol. The molecule has 0 saturated heterocycles. The first-order valence-electron chi connectivity index (χ1n) is 5.87. The van der Waals surface area contributed by atoms with Gasteiger partial charge in [0.25, 0.3) is 0 Å². The Balaban J connectivity index is 2.50. The van der Waals surface area contributed by atoms with Gasteiger partial charge < -0.3 is 20.2 Å². The summed E-state index contributed by atoms with van der Waals surface area (Å²) in [5.74, 6) is -0.301. The van der Waals surface area contributed by atoms with E-state index in [9.17, 15) is 14.9 Å². The first-order chi connectivity index (χ1) is 9.97. The summed E-state index contributed by atoms with van der Waals surface area (Å²) in [6, 6.07) is 5.92. The maximum atomic E-state index is 11.5. The first kappa shape index (κ1) is 14.4. The number of ether oxygens (including phenoxy) is 2. The van der Waals surface area contributed by atoms with Crippen LogP contribution in [0.15, 0.2) is 24.3 Å². The van der Waals surface area contributed by atoms with E-state index in [-0.39, 0.29) is 22.8 Å². The molecule has 0 radical (unpaired) electrons. The number of aromatic amines is 1. The SMILES string of the molecule is COC(=O)c1cc(-c2ccc(OC)c([N+](=O)[O-])c2)[nH]c1N. The topological polar surface area (TPSA) is 120 Å². The van der Waals surface area contributed by atoms with Crippen LogP contribution in [-0.4, -0.2) is 30.1 Å². The lowest BCUT2D eigenvalue weighted by Crippen LogP contribution is -2.02. The van der Waals surface area contributed by atoms with Crippen molar-refractivity contribution in [1.29, 1.82) is 0 Å². The average Bonchev–Trinajstić information content (AvgIpc) is 2.87. The zero-order valence-corrected chi connectivity index (χ0v) is 11.4. The van der Waals surface area contributed by atoms with E-state index in [4.69, 9.17) is 10.5 Å². The highest BCUT2D eigenvalue weighted by Gasteiger charge is 2.19. The van der Waals surface area contributed by atoms with Crippen molar-refractivity contribution in [1.82, 2.24) is 4.98 Å². The van der Waals surface area contributed by atoms with Crippen LogP contribution in [0, 0.1) is 10.1 Å². The van der Waals surface area contributed by atoms with Crippen LogP contribution in [-0.2, 0) is 4.74 Å². The van der Waals surface area contributed by atoms with Crippen molar-refractivity contribution >= 4 is 17.5 Å². The van der Waals surface area contributed by atoms with Gasteiger partial charge in [0.2, 0.25) is 0 Å². The fourth-order valence-electron chi connectivity index (χ4n) is 1.91. The summed E-state index contributed by atoms with van der Waals surface area (Å²) in [5.41, 5.74) is 6.66. The molecule has 3 N–H and O–H groups in total. The Labute approximate surface area is 119 Å². The number of nitrogens with two attached hydrogens (primary N) is 1. The molecule has 21 heavy (non-hydrogen) atoms. The number of esters is 1. The fraction of sp³-hybridized carbons (Fsp3) is 0.154. The molecule has 2 rings (SSSR count). The van der Waals surface area contributed by atoms with Gasteiger partial charge in [0.15, 0.2) is 5.75 Å². The Morgan fingerprint density at radius 1 is 1.33 bits per heavy atom. The number of carbonyl (C=O) groups excluding carboxylic acids is 1. The normalized spacial score (nSPS) is 10.2. The summed E-state index contributed by atoms with van der Waals surface area (Å²) in [6.45, 7) is 0. The molecule has 1 heterocycles. The number of methoxy groups -OCH3 is 2. The molecule has 8 heteroatoms.